The summed E-state index contributed by atoms with van der Waals surface area (Å²) in [5.74, 6) is 1.41. The summed E-state index contributed by atoms with van der Waals surface area (Å²) in [6, 6.07) is 9.58. The van der Waals surface area contributed by atoms with Crippen LogP contribution in [0.25, 0.3) is 0 Å². The number of benzene rings is 1. The zero-order chi connectivity index (χ0) is 13.7. The van der Waals surface area contributed by atoms with Crippen molar-refractivity contribution in [1.29, 1.82) is 0 Å². The van der Waals surface area contributed by atoms with Gasteiger partial charge in [0.25, 0.3) is 5.91 Å². The number of ether oxygens (including phenoxy) is 1. The van der Waals surface area contributed by atoms with E-state index in [4.69, 9.17) is 10.5 Å². The Bertz CT molecular complexity index is 408. The largest absolute Gasteiger partial charge is 0.484 e. The van der Waals surface area contributed by atoms with Crippen LogP contribution in [0, 0.1) is 5.92 Å². The number of carbonyl (C=O) groups excluding carboxylic acids is 1. The number of amides is 1. The molecule has 1 aliphatic rings. The molecule has 1 aromatic rings. The third kappa shape index (κ3) is 3.70. The van der Waals surface area contributed by atoms with E-state index in [1.165, 1.54) is 0 Å². The van der Waals surface area contributed by atoms with E-state index in [-0.39, 0.29) is 18.6 Å². The predicted molar refractivity (Wildman–Crippen MR) is 74.9 cm³/mol. The summed E-state index contributed by atoms with van der Waals surface area (Å²) in [5, 5.41) is 0. The van der Waals surface area contributed by atoms with Crippen molar-refractivity contribution in [2.75, 3.05) is 19.7 Å². The molecule has 1 heterocycles. The van der Waals surface area contributed by atoms with Crippen LogP contribution >= 0.6 is 0 Å². The van der Waals surface area contributed by atoms with Gasteiger partial charge in [-0.25, -0.2) is 0 Å². The van der Waals surface area contributed by atoms with Crippen LogP contribution in [0.15, 0.2) is 30.3 Å². The van der Waals surface area contributed by atoms with Crippen molar-refractivity contribution in [1.82, 2.24) is 4.90 Å². The molecule has 2 N–H and O–H groups in total. The quantitative estimate of drug-likeness (QED) is 0.897. The highest BCUT2D eigenvalue weighted by molar-refractivity contribution is 5.78. The summed E-state index contributed by atoms with van der Waals surface area (Å²) in [6.07, 6.45) is 2.04. The highest BCUT2D eigenvalue weighted by Gasteiger charge is 2.28. The van der Waals surface area contributed by atoms with Crippen LogP contribution in [0.4, 0.5) is 0 Å². The van der Waals surface area contributed by atoms with Crippen LogP contribution in [-0.2, 0) is 4.79 Å². The number of nitrogens with two attached hydrogens (primary N) is 1. The minimum absolute atomic E-state index is 0.0335. The van der Waals surface area contributed by atoms with Crippen molar-refractivity contribution >= 4 is 5.91 Å². The smallest absolute Gasteiger partial charge is 0.260 e. The Morgan fingerprint density at radius 2 is 2.16 bits per heavy atom. The number of rotatable bonds is 4. The predicted octanol–water partition coefficient (Wildman–Crippen LogP) is 1.65. The third-order valence-corrected chi connectivity index (χ3v) is 3.68. The normalized spacial score (nSPS) is 23.2. The Labute approximate surface area is 114 Å². The number of nitrogens with zero attached hydrogens (tertiary/aromatic N) is 1. The van der Waals surface area contributed by atoms with Gasteiger partial charge in [-0.15, -0.1) is 0 Å². The van der Waals surface area contributed by atoms with E-state index in [0.717, 1.165) is 25.1 Å². The maximum atomic E-state index is 12.2. The van der Waals surface area contributed by atoms with Crippen molar-refractivity contribution in [2.24, 2.45) is 11.7 Å². The van der Waals surface area contributed by atoms with Gasteiger partial charge in [0.2, 0.25) is 0 Å². The van der Waals surface area contributed by atoms with Gasteiger partial charge in [0, 0.05) is 19.1 Å². The maximum absolute atomic E-state index is 12.2. The van der Waals surface area contributed by atoms with E-state index < -0.39 is 0 Å². The Kier molecular flexibility index (Phi) is 4.80. The highest BCUT2D eigenvalue weighted by atomic mass is 16.5. The molecule has 4 nitrogen and oxygen atoms in total. The lowest BCUT2D eigenvalue weighted by molar-refractivity contribution is -0.137. The third-order valence-electron chi connectivity index (χ3n) is 3.68. The maximum Gasteiger partial charge on any atom is 0.260 e. The van der Waals surface area contributed by atoms with Gasteiger partial charge in [-0.1, -0.05) is 25.1 Å². The zero-order valence-corrected chi connectivity index (χ0v) is 11.4. The first-order valence-corrected chi connectivity index (χ1v) is 6.88. The molecule has 2 atom stereocenters. The van der Waals surface area contributed by atoms with E-state index in [0.29, 0.717) is 12.5 Å². The summed E-state index contributed by atoms with van der Waals surface area (Å²) < 4.78 is 5.51. The van der Waals surface area contributed by atoms with Crippen LogP contribution in [0.1, 0.15) is 19.8 Å². The molecule has 2 rings (SSSR count). The second-order valence-electron chi connectivity index (χ2n) is 5.21. The molecule has 1 saturated heterocycles. The number of likely N-dealkylation sites (tertiary alicyclic amines) is 1. The lowest BCUT2D eigenvalue weighted by atomic mass is 9.92. The second-order valence-corrected chi connectivity index (χ2v) is 5.21. The van der Waals surface area contributed by atoms with Crippen molar-refractivity contribution < 1.29 is 9.53 Å². The molecule has 104 valence electrons. The molecule has 1 aliphatic heterocycles. The monoisotopic (exact) mass is 262 g/mol. The number of hydrogen-bond donors (Lipinski definition) is 1. The molecule has 0 aliphatic carbocycles. The fraction of sp³-hybridized carbons (Fsp3) is 0.533. The first kappa shape index (κ1) is 13.9. The van der Waals surface area contributed by atoms with Crippen molar-refractivity contribution in [3.63, 3.8) is 0 Å². The molecule has 19 heavy (non-hydrogen) atoms. The molecule has 4 heteroatoms. The van der Waals surface area contributed by atoms with E-state index in [1.54, 1.807) is 0 Å². The van der Waals surface area contributed by atoms with E-state index in [1.807, 2.05) is 35.2 Å². The Balaban J connectivity index is 1.88. The van der Waals surface area contributed by atoms with Gasteiger partial charge in [0.05, 0.1) is 0 Å². The summed E-state index contributed by atoms with van der Waals surface area (Å²) >= 11 is 0. The van der Waals surface area contributed by atoms with Crippen LogP contribution in [0.3, 0.4) is 0 Å². The number of para-hydroxylation sites is 1. The molecule has 0 aromatic heterocycles. The molecule has 2 unspecified atom stereocenters. The Hall–Kier alpha value is -1.55. The number of carbonyl (C=O) groups is 1. The molecular formula is C15H22N2O2. The summed E-state index contributed by atoms with van der Waals surface area (Å²) in [7, 11) is 0. The molecule has 1 fully saturated rings. The molecule has 0 radical (unpaired) electrons. The molecular weight excluding hydrogens is 240 g/mol. The molecule has 1 amide bonds. The van der Waals surface area contributed by atoms with Crippen molar-refractivity contribution in [3.8, 4) is 5.75 Å². The lowest BCUT2D eigenvalue weighted by Crippen LogP contribution is -2.50. The average molecular weight is 262 g/mol. The standard InChI is InChI=1S/C15H22N2O2/c1-12-7-8-17(13(9-12)10-16)15(18)11-19-14-5-3-2-4-6-14/h2-6,12-13H,7-11,16H2,1H3. The number of hydrogen-bond acceptors (Lipinski definition) is 3. The minimum Gasteiger partial charge on any atom is -0.484 e. The number of piperidine rings is 1. The van der Waals surface area contributed by atoms with Crippen LogP contribution in [0.5, 0.6) is 5.75 Å². The Morgan fingerprint density at radius 3 is 2.84 bits per heavy atom. The van der Waals surface area contributed by atoms with Gasteiger partial charge >= 0.3 is 0 Å². The summed E-state index contributed by atoms with van der Waals surface area (Å²) in [4.78, 5) is 14.1. The Morgan fingerprint density at radius 1 is 1.42 bits per heavy atom. The van der Waals surface area contributed by atoms with Crippen LogP contribution in [0.2, 0.25) is 0 Å². The molecule has 0 saturated carbocycles. The first-order chi connectivity index (χ1) is 9.20. The molecule has 1 aromatic carbocycles. The highest BCUT2D eigenvalue weighted by Crippen LogP contribution is 2.22. The average Bonchev–Trinajstić information content (AvgIpc) is 2.45. The summed E-state index contributed by atoms with van der Waals surface area (Å²) in [6.45, 7) is 3.63. The zero-order valence-electron chi connectivity index (χ0n) is 11.4. The van der Waals surface area contributed by atoms with Gasteiger partial charge in [-0.2, -0.15) is 0 Å². The van der Waals surface area contributed by atoms with Gasteiger partial charge < -0.3 is 15.4 Å². The van der Waals surface area contributed by atoms with Gasteiger partial charge in [0.15, 0.2) is 6.61 Å². The van der Waals surface area contributed by atoms with Gasteiger partial charge in [-0.3, -0.25) is 4.79 Å². The van der Waals surface area contributed by atoms with Gasteiger partial charge in [-0.05, 0) is 30.9 Å². The minimum atomic E-state index is 0.0335. The van der Waals surface area contributed by atoms with Crippen LogP contribution < -0.4 is 10.5 Å². The first-order valence-electron chi connectivity index (χ1n) is 6.88. The van der Waals surface area contributed by atoms with E-state index in [9.17, 15) is 4.79 Å². The molecule has 0 bridgehead atoms. The van der Waals surface area contributed by atoms with Crippen LogP contribution in [-0.4, -0.2) is 36.5 Å². The fourth-order valence-electron chi connectivity index (χ4n) is 2.55. The van der Waals surface area contributed by atoms with Crippen molar-refractivity contribution in [3.05, 3.63) is 30.3 Å². The molecule has 0 spiro atoms. The lowest BCUT2D eigenvalue weighted by Gasteiger charge is -2.37. The van der Waals surface area contributed by atoms with E-state index >= 15 is 0 Å². The van der Waals surface area contributed by atoms with Gasteiger partial charge in [0.1, 0.15) is 5.75 Å². The SMILES string of the molecule is CC1CCN(C(=O)COc2ccccc2)C(CN)C1. The topological polar surface area (TPSA) is 55.6 Å². The van der Waals surface area contributed by atoms with E-state index in [2.05, 4.69) is 6.92 Å². The fourth-order valence-corrected chi connectivity index (χ4v) is 2.55. The summed E-state index contributed by atoms with van der Waals surface area (Å²) in [5.41, 5.74) is 5.77. The second kappa shape index (κ2) is 6.57. The van der Waals surface area contributed by atoms with Crippen molar-refractivity contribution in [2.45, 2.75) is 25.8 Å².